The highest BCUT2D eigenvalue weighted by atomic mass is 16.3. The van der Waals surface area contributed by atoms with E-state index in [1.165, 1.54) is 0 Å². The van der Waals surface area contributed by atoms with Crippen molar-refractivity contribution in [1.82, 2.24) is 10.2 Å². The van der Waals surface area contributed by atoms with Crippen molar-refractivity contribution < 1.29 is 5.11 Å². The summed E-state index contributed by atoms with van der Waals surface area (Å²) >= 11 is 0. The van der Waals surface area contributed by atoms with E-state index < -0.39 is 0 Å². The largest absolute Gasteiger partial charge is 0.508 e. The van der Waals surface area contributed by atoms with E-state index in [2.05, 4.69) is 38.0 Å². The Hall–Kier alpha value is -1.06. The number of nitrogens with one attached hydrogen (secondary N) is 1. The molecule has 1 aromatic rings. The van der Waals surface area contributed by atoms with E-state index >= 15 is 0 Å². The molecule has 19 heavy (non-hydrogen) atoms. The Kier molecular flexibility index (Phi) is 6.32. The van der Waals surface area contributed by atoms with Crippen molar-refractivity contribution in [3.63, 3.8) is 0 Å². The van der Waals surface area contributed by atoms with Crippen molar-refractivity contribution in [3.05, 3.63) is 29.3 Å². The van der Waals surface area contributed by atoms with Crippen LogP contribution in [0.4, 0.5) is 0 Å². The zero-order chi connectivity index (χ0) is 14.4. The molecule has 0 aromatic heterocycles. The van der Waals surface area contributed by atoms with Gasteiger partial charge < -0.3 is 15.3 Å². The smallest absolute Gasteiger partial charge is 0.120 e. The summed E-state index contributed by atoms with van der Waals surface area (Å²) in [6.45, 7) is 10.6. The monoisotopic (exact) mass is 264 g/mol. The molecule has 108 valence electrons. The molecule has 0 fully saturated rings. The molecule has 1 atom stereocenters. The van der Waals surface area contributed by atoms with Gasteiger partial charge in [-0.05, 0) is 65.9 Å². The third kappa shape index (κ3) is 5.21. The summed E-state index contributed by atoms with van der Waals surface area (Å²) in [5, 5.41) is 13.4. The zero-order valence-electron chi connectivity index (χ0n) is 12.9. The predicted octanol–water partition coefficient (Wildman–Crippen LogP) is 3.08. The van der Waals surface area contributed by atoms with Crippen LogP contribution in [0.5, 0.6) is 5.75 Å². The fourth-order valence-corrected chi connectivity index (χ4v) is 2.04. The number of aromatic hydroxyl groups is 1. The molecule has 0 bridgehead atoms. The number of hydrogen-bond donors (Lipinski definition) is 2. The van der Waals surface area contributed by atoms with Crippen LogP contribution in [0.1, 0.15) is 44.4 Å². The number of nitrogens with zero attached hydrogens (tertiary/aromatic N) is 1. The summed E-state index contributed by atoms with van der Waals surface area (Å²) in [4.78, 5) is 2.34. The normalized spacial score (nSPS) is 13.2. The van der Waals surface area contributed by atoms with E-state index in [0.717, 1.165) is 30.6 Å². The SMILES string of the molecule is Cc1ccc(C(C)NCCCN(C)C(C)C)c(O)c1. The van der Waals surface area contributed by atoms with Crippen LogP contribution in [-0.4, -0.2) is 36.2 Å². The van der Waals surface area contributed by atoms with Gasteiger partial charge in [-0.3, -0.25) is 0 Å². The maximum atomic E-state index is 9.93. The van der Waals surface area contributed by atoms with Crippen molar-refractivity contribution in [2.75, 3.05) is 20.1 Å². The quantitative estimate of drug-likeness (QED) is 0.743. The number of benzene rings is 1. The number of phenols is 1. The Morgan fingerprint density at radius 2 is 1.95 bits per heavy atom. The zero-order valence-corrected chi connectivity index (χ0v) is 12.9. The van der Waals surface area contributed by atoms with E-state index in [1.807, 2.05) is 25.1 Å². The Morgan fingerprint density at radius 1 is 1.26 bits per heavy atom. The predicted molar refractivity (Wildman–Crippen MR) is 81.6 cm³/mol. The number of aryl methyl sites for hydroxylation is 1. The van der Waals surface area contributed by atoms with E-state index in [1.54, 1.807) is 0 Å². The number of hydrogen-bond acceptors (Lipinski definition) is 3. The lowest BCUT2D eigenvalue weighted by molar-refractivity contribution is 0.268. The highest BCUT2D eigenvalue weighted by Crippen LogP contribution is 2.24. The molecule has 0 spiro atoms. The summed E-state index contributed by atoms with van der Waals surface area (Å²) in [6, 6.07) is 6.64. The van der Waals surface area contributed by atoms with Gasteiger partial charge in [-0.25, -0.2) is 0 Å². The third-order valence-corrected chi connectivity index (χ3v) is 3.67. The molecule has 3 heteroatoms. The maximum Gasteiger partial charge on any atom is 0.120 e. The van der Waals surface area contributed by atoms with Crippen LogP contribution in [0.3, 0.4) is 0 Å². The molecule has 0 saturated heterocycles. The van der Waals surface area contributed by atoms with Gasteiger partial charge in [0.1, 0.15) is 5.75 Å². The maximum absolute atomic E-state index is 9.93. The minimum absolute atomic E-state index is 0.185. The summed E-state index contributed by atoms with van der Waals surface area (Å²) in [5.74, 6) is 0.388. The first kappa shape index (κ1) is 16.0. The minimum atomic E-state index is 0.185. The van der Waals surface area contributed by atoms with Gasteiger partial charge >= 0.3 is 0 Å². The minimum Gasteiger partial charge on any atom is -0.508 e. The van der Waals surface area contributed by atoms with Gasteiger partial charge in [0.05, 0.1) is 0 Å². The lowest BCUT2D eigenvalue weighted by atomic mass is 10.1. The summed E-state index contributed by atoms with van der Waals surface area (Å²) in [7, 11) is 2.15. The second-order valence-corrected chi connectivity index (χ2v) is 5.67. The van der Waals surface area contributed by atoms with E-state index in [9.17, 15) is 5.11 Å². The molecular weight excluding hydrogens is 236 g/mol. The van der Waals surface area contributed by atoms with Gasteiger partial charge in [-0.1, -0.05) is 12.1 Å². The Balaban J connectivity index is 2.37. The van der Waals surface area contributed by atoms with Crippen molar-refractivity contribution in [1.29, 1.82) is 0 Å². The molecule has 0 aliphatic carbocycles. The molecule has 0 saturated carbocycles. The van der Waals surface area contributed by atoms with Crippen LogP contribution in [0.15, 0.2) is 18.2 Å². The summed E-state index contributed by atoms with van der Waals surface area (Å²) in [6.07, 6.45) is 1.12. The van der Waals surface area contributed by atoms with Gasteiger partial charge in [-0.15, -0.1) is 0 Å². The number of phenolic OH excluding ortho intramolecular Hbond substituents is 1. The van der Waals surface area contributed by atoms with E-state index in [4.69, 9.17) is 0 Å². The average Bonchev–Trinajstić information content (AvgIpc) is 2.33. The highest BCUT2D eigenvalue weighted by Gasteiger charge is 2.09. The van der Waals surface area contributed by atoms with E-state index in [-0.39, 0.29) is 6.04 Å². The van der Waals surface area contributed by atoms with Crippen LogP contribution in [0.2, 0.25) is 0 Å². The topological polar surface area (TPSA) is 35.5 Å². The molecule has 1 rings (SSSR count). The Labute approximate surface area is 117 Å². The highest BCUT2D eigenvalue weighted by molar-refractivity contribution is 5.37. The molecule has 0 heterocycles. The van der Waals surface area contributed by atoms with Crippen LogP contribution in [0.25, 0.3) is 0 Å². The molecule has 3 nitrogen and oxygen atoms in total. The number of rotatable bonds is 7. The summed E-state index contributed by atoms with van der Waals surface area (Å²) < 4.78 is 0. The first-order chi connectivity index (χ1) is 8.91. The van der Waals surface area contributed by atoms with Gasteiger partial charge in [0.15, 0.2) is 0 Å². The van der Waals surface area contributed by atoms with Gasteiger partial charge in [0, 0.05) is 17.6 Å². The van der Waals surface area contributed by atoms with Crippen molar-refractivity contribution >= 4 is 0 Å². The Morgan fingerprint density at radius 3 is 2.53 bits per heavy atom. The molecule has 1 aromatic carbocycles. The van der Waals surface area contributed by atoms with Crippen LogP contribution >= 0.6 is 0 Å². The molecule has 0 radical (unpaired) electrons. The summed E-state index contributed by atoms with van der Waals surface area (Å²) in [5.41, 5.74) is 2.06. The van der Waals surface area contributed by atoms with Gasteiger partial charge in [0.25, 0.3) is 0 Å². The van der Waals surface area contributed by atoms with Gasteiger partial charge in [-0.2, -0.15) is 0 Å². The molecular formula is C16H28N2O. The lowest BCUT2D eigenvalue weighted by Gasteiger charge is -2.22. The third-order valence-electron chi connectivity index (χ3n) is 3.67. The van der Waals surface area contributed by atoms with E-state index in [0.29, 0.717) is 11.8 Å². The molecule has 0 aliphatic rings. The average molecular weight is 264 g/mol. The molecule has 0 amide bonds. The molecule has 0 aliphatic heterocycles. The standard InChI is InChI=1S/C16H28N2O/c1-12(2)18(5)10-6-9-17-14(4)15-8-7-13(3)11-16(15)19/h7-8,11-12,14,17,19H,6,9-10H2,1-5H3. The van der Waals surface area contributed by atoms with Gasteiger partial charge in [0.2, 0.25) is 0 Å². The molecule has 1 unspecified atom stereocenters. The van der Waals surface area contributed by atoms with Crippen LogP contribution < -0.4 is 5.32 Å². The molecule has 2 N–H and O–H groups in total. The first-order valence-electron chi connectivity index (χ1n) is 7.15. The second-order valence-electron chi connectivity index (χ2n) is 5.67. The second kappa shape index (κ2) is 7.51. The Bertz CT molecular complexity index is 390. The fraction of sp³-hybridized carbons (Fsp3) is 0.625. The van der Waals surface area contributed by atoms with Crippen LogP contribution in [-0.2, 0) is 0 Å². The fourth-order valence-electron chi connectivity index (χ4n) is 2.04. The lowest BCUT2D eigenvalue weighted by Crippen LogP contribution is -2.30. The van der Waals surface area contributed by atoms with Crippen LogP contribution in [0, 0.1) is 6.92 Å². The van der Waals surface area contributed by atoms with Crippen molar-refractivity contribution in [2.24, 2.45) is 0 Å². The first-order valence-corrected chi connectivity index (χ1v) is 7.15. The van der Waals surface area contributed by atoms with Crippen molar-refractivity contribution in [2.45, 2.75) is 46.2 Å². The van der Waals surface area contributed by atoms with Crippen molar-refractivity contribution in [3.8, 4) is 5.75 Å².